The summed E-state index contributed by atoms with van der Waals surface area (Å²) in [5.41, 5.74) is 1.12. The molecule has 0 heterocycles. The minimum atomic E-state index is -0.544. The van der Waals surface area contributed by atoms with Crippen molar-refractivity contribution in [3.05, 3.63) is 35.4 Å². The molecule has 0 saturated heterocycles. The SMILES string of the molecule is CC(=O)CCCC(C)(C)OC(=O)c1ccc(C)cc1. The van der Waals surface area contributed by atoms with Gasteiger partial charge in [0.1, 0.15) is 11.4 Å². The summed E-state index contributed by atoms with van der Waals surface area (Å²) >= 11 is 0. The van der Waals surface area contributed by atoms with Crippen molar-refractivity contribution in [3.8, 4) is 0 Å². The normalized spacial score (nSPS) is 11.2. The largest absolute Gasteiger partial charge is 0.456 e. The first-order valence-electron chi connectivity index (χ1n) is 6.59. The topological polar surface area (TPSA) is 43.4 Å². The van der Waals surface area contributed by atoms with Gasteiger partial charge in [-0.2, -0.15) is 0 Å². The van der Waals surface area contributed by atoms with Crippen LogP contribution in [0.5, 0.6) is 0 Å². The van der Waals surface area contributed by atoms with Crippen molar-refractivity contribution in [1.29, 1.82) is 0 Å². The summed E-state index contributed by atoms with van der Waals surface area (Å²) in [6.45, 7) is 7.30. The molecule has 3 heteroatoms. The lowest BCUT2D eigenvalue weighted by molar-refractivity contribution is -0.117. The highest BCUT2D eigenvalue weighted by molar-refractivity contribution is 5.89. The predicted octanol–water partition coefficient (Wildman–Crippen LogP) is 3.69. The molecule has 0 aliphatic carbocycles. The number of aryl methyl sites for hydroxylation is 1. The van der Waals surface area contributed by atoms with Gasteiger partial charge >= 0.3 is 5.97 Å². The van der Waals surface area contributed by atoms with Crippen LogP contribution in [0.25, 0.3) is 0 Å². The predicted molar refractivity (Wildman–Crippen MR) is 75.2 cm³/mol. The zero-order valence-electron chi connectivity index (χ0n) is 12.2. The van der Waals surface area contributed by atoms with Crippen LogP contribution < -0.4 is 0 Å². The zero-order chi connectivity index (χ0) is 14.5. The minimum Gasteiger partial charge on any atom is -0.456 e. The van der Waals surface area contributed by atoms with E-state index in [-0.39, 0.29) is 11.8 Å². The highest BCUT2D eigenvalue weighted by Crippen LogP contribution is 2.20. The lowest BCUT2D eigenvalue weighted by Crippen LogP contribution is -2.28. The van der Waals surface area contributed by atoms with Crippen LogP contribution in [0, 0.1) is 6.92 Å². The van der Waals surface area contributed by atoms with Gasteiger partial charge in [-0.15, -0.1) is 0 Å². The second-order valence-electron chi connectivity index (χ2n) is 5.57. The van der Waals surface area contributed by atoms with E-state index in [1.54, 1.807) is 19.1 Å². The van der Waals surface area contributed by atoms with Gasteiger partial charge in [-0.1, -0.05) is 17.7 Å². The number of rotatable bonds is 6. The molecule has 0 bridgehead atoms. The Morgan fingerprint density at radius 2 is 1.74 bits per heavy atom. The lowest BCUT2D eigenvalue weighted by atomic mass is 10.00. The van der Waals surface area contributed by atoms with E-state index in [0.29, 0.717) is 18.4 Å². The Hall–Kier alpha value is -1.64. The third-order valence-electron chi connectivity index (χ3n) is 2.96. The molecule has 0 aromatic heterocycles. The van der Waals surface area contributed by atoms with Gasteiger partial charge in [0.25, 0.3) is 0 Å². The summed E-state index contributed by atoms with van der Waals surface area (Å²) in [5, 5.41) is 0. The first-order chi connectivity index (χ1) is 8.80. The fourth-order valence-electron chi connectivity index (χ4n) is 1.81. The van der Waals surface area contributed by atoms with Crippen molar-refractivity contribution in [3.63, 3.8) is 0 Å². The Kier molecular flexibility index (Phi) is 5.28. The summed E-state index contributed by atoms with van der Waals surface area (Å²) in [5.74, 6) is -0.145. The van der Waals surface area contributed by atoms with E-state index in [4.69, 9.17) is 4.74 Å². The van der Waals surface area contributed by atoms with Gasteiger partial charge in [-0.25, -0.2) is 4.79 Å². The minimum absolute atomic E-state index is 0.167. The molecular formula is C16H22O3. The number of hydrogen-bond donors (Lipinski definition) is 0. The van der Waals surface area contributed by atoms with Crippen LogP contribution in [0.4, 0.5) is 0 Å². The Labute approximate surface area is 115 Å². The van der Waals surface area contributed by atoms with Crippen molar-refractivity contribution in [2.75, 3.05) is 0 Å². The summed E-state index contributed by atoms with van der Waals surface area (Å²) in [6.07, 6.45) is 1.96. The number of carbonyl (C=O) groups excluding carboxylic acids is 2. The first kappa shape index (κ1) is 15.4. The Morgan fingerprint density at radius 1 is 1.16 bits per heavy atom. The van der Waals surface area contributed by atoms with E-state index in [1.165, 1.54) is 0 Å². The van der Waals surface area contributed by atoms with E-state index < -0.39 is 5.60 Å². The average molecular weight is 262 g/mol. The van der Waals surface area contributed by atoms with Crippen molar-refractivity contribution in [2.24, 2.45) is 0 Å². The fourth-order valence-corrected chi connectivity index (χ4v) is 1.81. The van der Waals surface area contributed by atoms with Gasteiger partial charge < -0.3 is 9.53 Å². The van der Waals surface area contributed by atoms with E-state index in [0.717, 1.165) is 12.0 Å². The van der Waals surface area contributed by atoms with Gasteiger partial charge in [-0.05, 0) is 52.7 Å². The quantitative estimate of drug-likeness (QED) is 0.734. The van der Waals surface area contributed by atoms with Crippen LogP contribution in [0.2, 0.25) is 0 Å². The zero-order valence-corrected chi connectivity index (χ0v) is 12.2. The van der Waals surface area contributed by atoms with Crippen LogP contribution in [-0.4, -0.2) is 17.4 Å². The highest BCUT2D eigenvalue weighted by atomic mass is 16.6. The summed E-state index contributed by atoms with van der Waals surface area (Å²) < 4.78 is 5.50. The van der Waals surface area contributed by atoms with Crippen molar-refractivity contribution in [1.82, 2.24) is 0 Å². The molecule has 0 spiro atoms. The summed E-state index contributed by atoms with van der Waals surface area (Å²) in [6, 6.07) is 7.31. The number of esters is 1. The van der Waals surface area contributed by atoms with Gasteiger partial charge in [-0.3, -0.25) is 0 Å². The smallest absolute Gasteiger partial charge is 0.338 e. The van der Waals surface area contributed by atoms with E-state index >= 15 is 0 Å². The van der Waals surface area contributed by atoms with Crippen LogP contribution in [0.1, 0.15) is 56.0 Å². The fraction of sp³-hybridized carbons (Fsp3) is 0.500. The van der Waals surface area contributed by atoms with Gasteiger partial charge in [0, 0.05) is 6.42 Å². The molecule has 1 aromatic rings. The molecule has 19 heavy (non-hydrogen) atoms. The summed E-state index contributed by atoms with van der Waals surface area (Å²) in [7, 11) is 0. The maximum absolute atomic E-state index is 12.0. The average Bonchev–Trinajstić information content (AvgIpc) is 2.28. The Bertz CT molecular complexity index is 444. The van der Waals surface area contributed by atoms with E-state index in [2.05, 4.69) is 0 Å². The molecule has 0 radical (unpaired) electrons. The molecule has 0 aliphatic rings. The third kappa shape index (κ3) is 5.69. The van der Waals surface area contributed by atoms with Crippen molar-refractivity contribution >= 4 is 11.8 Å². The molecule has 3 nitrogen and oxygen atoms in total. The molecule has 1 aromatic carbocycles. The van der Waals surface area contributed by atoms with Crippen LogP contribution in [0.3, 0.4) is 0 Å². The maximum atomic E-state index is 12.0. The van der Waals surface area contributed by atoms with Gasteiger partial charge in [0.2, 0.25) is 0 Å². The molecule has 0 amide bonds. The van der Waals surface area contributed by atoms with Crippen molar-refractivity contribution in [2.45, 2.75) is 52.6 Å². The second-order valence-corrected chi connectivity index (χ2v) is 5.57. The number of Topliss-reactive ketones (excluding diaryl/α,β-unsaturated/α-hetero) is 1. The third-order valence-corrected chi connectivity index (χ3v) is 2.96. The molecule has 0 saturated carbocycles. The second kappa shape index (κ2) is 6.50. The number of ketones is 1. The van der Waals surface area contributed by atoms with E-state index in [1.807, 2.05) is 32.9 Å². The molecular weight excluding hydrogens is 240 g/mol. The molecule has 104 valence electrons. The van der Waals surface area contributed by atoms with Gasteiger partial charge in [0.15, 0.2) is 0 Å². The molecule has 0 fully saturated rings. The Morgan fingerprint density at radius 3 is 2.26 bits per heavy atom. The lowest BCUT2D eigenvalue weighted by Gasteiger charge is -2.25. The molecule has 1 rings (SSSR count). The standard InChI is InChI=1S/C16H22O3/c1-12-7-9-14(10-8-12)15(18)19-16(3,4)11-5-6-13(2)17/h7-10H,5-6,11H2,1-4H3. The van der Waals surface area contributed by atoms with Gasteiger partial charge in [0.05, 0.1) is 5.56 Å². The number of benzene rings is 1. The number of ether oxygens (including phenoxy) is 1. The molecule has 0 atom stereocenters. The van der Waals surface area contributed by atoms with E-state index in [9.17, 15) is 9.59 Å². The maximum Gasteiger partial charge on any atom is 0.338 e. The number of hydrogen-bond acceptors (Lipinski definition) is 3. The monoisotopic (exact) mass is 262 g/mol. The van der Waals surface area contributed by atoms with Crippen LogP contribution in [-0.2, 0) is 9.53 Å². The van der Waals surface area contributed by atoms with Crippen LogP contribution in [0.15, 0.2) is 24.3 Å². The molecule has 0 N–H and O–H groups in total. The van der Waals surface area contributed by atoms with Crippen LogP contribution >= 0.6 is 0 Å². The summed E-state index contributed by atoms with van der Waals surface area (Å²) in [4.78, 5) is 22.9. The first-order valence-corrected chi connectivity index (χ1v) is 6.59. The molecule has 0 aliphatic heterocycles. The highest BCUT2D eigenvalue weighted by Gasteiger charge is 2.23. The van der Waals surface area contributed by atoms with Crippen molar-refractivity contribution < 1.29 is 14.3 Å². The Balaban J connectivity index is 2.54. The molecule has 0 unspecified atom stereocenters. The number of carbonyl (C=O) groups is 2.